The second-order valence-corrected chi connectivity index (χ2v) is 8.51. The van der Waals surface area contributed by atoms with Gasteiger partial charge in [-0.05, 0) is 43.7 Å². The van der Waals surface area contributed by atoms with Crippen LogP contribution >= 0.6 is 0 Å². The summed E-state index contributed by atoms with van der Waals surface area (Å²) >= 11 is 0. The van der Waals surface area contributed by atoms with Crippen LogP contribution in [-0.2, 0) is 7.05 Å². The number of aromatic carboxylic acids is 1. The van der Waals surface area contributed by atoms with Crippen molar-refractivity contribution in [3.05, 3.63) is 69.1 Å². The van der Waals surface area contributed by atoms with Crippen molar-refractivity contribution in [1.29, 1.82) is 10.5 Å². The minimum Gasteiger partial charge on any atom is -0.478 e. The quantitative estimate of drug-likeness (QED) is 0.635. The number of fused-ring (bicyclic) bond motifs is 1. The summed E-state index contributed by atoms with van der Waals surface area (Å²) in [6.45, 7) is 5.96. The molecule has 0 amide bonds. The highest BCUT2D eigenvalue weighted by molar-refractivity contribution is 5.92. The SMILES string of the molecule is CC(c1ccc(C(=O)O)cc1)N1CCN(c2c(C#N)c(=O)n(C)c3ccc(C#N)nc23)C[C@H]1C. The molecule has 0 spiro atoms. The molecule has 3 aromatic rings. The molecule has 0 radical (unpaired) electrons. The van der Waals surface area contributed by atoms with Gasteiger partial charge in [-0.2, -0.15) is 10.5 Å². The lowest BCUT2D eigenvalue weighted by molar-refractivity contribution is 0.0696. The van der Waals surface area contributed by atoms with Crippen molar-refractivity contribution in [2.24, 2.45) is 7.05 Å². The largest absolute Gasteiger partial charge is 0.478 e. The Labute approximate surface area is 196 Å². The summed E-state index contributed by atoms with van der Waals surface area (Å²) in [6, 6.07) is 14.4. The Hall–Kier alpha value is -4.21. The highest BCUT2D eigenvalue weighted by Gasteiger charge is 2.31. The first-order chi connectivity index (χ1) is 16.3. The average Bonchev–Trinajstić information content (AvgIpc) is 2.85. The van der Waals surface area contributed by atoms with E-state index in [0.29, 0.717) is 36.4 Å². The Balaban J connectivity index is 1.68. The second kappa shape index (κ2) is 8.97. The maximum atomic E-state index is 12.9. The van der Waals surface area contributed by atoms with Crippen LogP contribution in [0.15, 0.2) is 41.2 Å². The molecule has 4 rings (SSSR count). The number of nitriles is 2. The molecule has 3 heterocycles. The molecule has 1 unspecified atom stereocenters. The number of hydrogen-bond donors (Lipinski definition) is 1. The van der Waals surface area contributed by atoms with E-state index in [9.17, 15) is 20.1 Å². The Kier molecular flexibility index (Phi) is 6.06. The molecule has 1 aliphatic heterocycles. The Morgan fingerprint density at radius 3 is 2.44 bits per heavy atom. The van der Waals surface area contributed by atoms with E-state index in [0.717, 1.165) is 5.56 Å². The van der Waals surface area contributed by atoms with E-state index < -0.39 is 11.5 Å². The fraction of sp³-hybridized carbons (Fsp3) is 0.320. The monoisotopic (exact) mass is 456 g/mol. The third kappa shape index (κ3) is 3.87. The number of anilines is 1. The molecule has 2 atom stereocenters. The fourth-order valence-electron chi connectivity index (χ4n) is 4.71. The van der Waals surface area contributed by atoms with Crippen LogP contribution in [0.5, 0.6) is 0 Å². The normalized spacial score (nSPS) is 17.2. The molecule has 1 aromatic carbocycles. The van der Waals surface area contributed by atoms with Crippen LogP contribution in [0.4, 0.5) is 5.69 Å². The van der Waals surface area contributed by atoms with E-state index in [4.69, 9.17) is 5.11 Å². The number of aromatic nitrogens is 2. The maximum Gasteiger partial charge on any atom is 0.335 e. The molecule has 1 N–H and O–H groups in total. The van der Waals surface area contributed by atoms with Gasteiger partial charge in [-0.25, -0.2) is 9.78 Å². The number of carboxylic acids is 1. The molecule has 9 heteroatoms. The highest BCUT2D eigenvalue weighted by Crippen LogP contribution is 2.32. The summed E-state index contributed by atoms with van der Waals surface area (Å²) in [5.41, 5.74) is 2.63. The molecule has 0 bridgehead atoms. The van der Waals surface area contributed by atoms with E-state index >= 15 is 0 Å². The first-order valence-corrected chi connectivity index (χ1v) is 10.9. The van der Waals surface area contributed by atoms with Crippen LogP contribution in [0, 0.1) is 22.7 Å². The summed E-state index contributed by atoms with van der Waals surface area (Å²) in [5, 5.41) is 28.3. The van der Waals surface area contributed by atoms with Crippen LogP contribution in [0.3, 0.4) is 0 Å². The molecule has 34 heavy (non-hydrogen) atoms. The zero-order chi connectivity index (χ0) is 24.6. The molecular weight excluding hydrogens is 432 g/mol. The van der Waals surface area contributed by atoms with Crippen LogP contribution in [0.2, 0.25) is 0 Å². The number of hydrogen-bond acceptors (Lipinski definition) is 7. The number of aryl methyl sites for hydroxylation is 1. The van der Waals surface area contributed by atoms with Gasteiger partial charge in [0.1, 0.15) is 28.9 Å². The smallest absolute Gasteiger partial charge is 0.335 e. The standard InChI is InChI=1S/C25H24N6O3/c1-15-14-30(10-11-31(15)16(2)17-4-6-18(7-5-17)25(33)34)23-20(13-27)24(32)29(3)21-9-8-19(12-26)28-22(21)23/h4-9,15-16H,10-11,14H2,1-3H3,(H,33,34)/t15-,16?/m1/s1. The molecule has 172 valence electrons. The average molecular weight is 457 g/mol. The van der Waals surface area contributed by atoms with Crippen molar-refractivity contribution in [2.45, 2.75) is 25.9 Å². The number of pyridine rings is 2. The summed E-state index contributed by atoms with van der Waals surface area (Å²) in [5.74, 6) is -0.955. The zero-order valence-corrected chi connectivity index (χ0v) is 19.2. The fourth-order valence-corrected chi connectivity index (χ4v) is 4.71. The number of rotatable bonds is 4. The van der Waals surface area contributed by atoms with E-state index in [1.54, 1.807) is 31.3 Å². The van der Waals surface area contributed by atoms with Gasteiger partial charge in [0.15, 0.2) is 0 Å². The van der Waals surface area contributed by atoms with Crippen molar-refractivity contribution < 1.29 is 9.90 Å². The van der Waals surface area contributed by atoms with Crippen molar-refractivity contribution in [1.82, 2.24) is 14.5 Å². The third-order valence-corrected chi connectivity index (χ3v) is 6.57. The summed E-state index contributed by atoms with van der Waals surface area (Å²) in [4.78, 5) is 32.8. The van der Waals surface area contributed by atoms with E-state index in [-0.39, 0.29) is 28.9 Å². The van der Waals surface area contributed by atoms with E-state index in [1.165, 1.54) is 4.57 Å². The highest BCUT2D eigenvalue weighted by atomic mass is 16.4. The van der Waals surface area contributed by atoms with Gasteiger partial charge in [0.25, 0.3) is 5.56 Å². The number of carboxylic acid groups (broad SMARTS) is 1. The number of piperazine rings is 1. The van der Waals surface area contributed by atoms with Crippen molar-refractivity contribution in [2.75, 3.05) is 24.5 Å². The van der Waals surface area contributed by atoms with Gasteiger partial charge in [-0.3, -0.25) is 9.69 Å². The van der Waals surface area contributed by atoms with Crippen LogP contribution in [-0.4, -0.2) is 51.2 Å². The topological polar surface area (TPSA) is 126 Å². The second-order valence-electron chi connectivity index (χ2n) is 8.51. The van der Waals surface area contributed by atoms with Crippen LogP contribution < -0.4 is 10.5 Å². The third-order valence-electron chi connectivity index (χ3n) is 6.57. The maximum absolute atomic E-state index is 12.9. The molecule has 1 saturated heterocycles. The summed E-state index contributed by atoms with van der Waals surface area (Å²) < 4.78 is 1.40. The predicted molar refractivity (Wildman–Crippen MR) is 127 cm³/mol. The predicted octanol–water partition coefficient (Wildman–Crippen LogP) is 2.65. The molecule has 0 saturated carbocycles. The Morgan fingerprint density at radius 1 is 1.15 bits per heavy atom. The number of nitrogens with zero attached hydrogens (tertiary/aromatic N) is 6. The van der Waals surface area contributed by atoms with E-state index in [1.807, 2.05) is 23.1 Å². The lowest BCUT2D eigenvalue weighted by atomic mass is 10.0. The summed E-state index contributed by atoms with van der Waals surface area (Å²) in [7, 11) is 1.60. The lowest BCUT2D eigenvalue weighted by Gasteiger charge is -2.44. The molecule has 9 nitrogen and oxygen atoms in total. The Morgan fingerprint density at radius 2 is 1.85 bits per heavy atom. The Bertz CT molecular complexity index is 1410. The van der Waals surface area contributed by atoms with Gasteiger partial charge < -0.3 is 14.6 Å². The van der Waals surface area contributed by atoms with Crippen molar-refractivity contribution in [3.63, 3.8) is 0 Å². The van der Waals surface area contributed by atoms with Crippen LogP contribution in [0.1, 0.15) is 47.1 Å². The van der Waals surface area contributed by atoms with Crippen molar-refractivity contribution in [3.8, 4) is 12.1 Å². The molecule has 0 aliphatic carbocycles. The molecular formula is C25H24N6O3. The number of benzene rings is 1. The van der Waals surface area contributed by atoms with E-state index in [2.05, 4.69) is 29.8 Å². The first-order valence-electron chi connectivity index (χ1n) is 10.9. The van der Waals surface area contributed by atoms with Crippen LogP contribution in [0.25, 0.3) is 11.0 Å². The zero-order valence-electron chi connectivity index (χ0n) is 19.2. The molecule has 1 aliphatic rings. The minimum absolute atomic E-state index is 0.0237. The minimum atomic E-state index is -0.955. The van der Waals surface area contributed by atoms with Gasteiger partial charge >= 0.3 is 5.97 Å². The molecule has 2 aromatic heterocycles. The van der Waals surface area contributed by atoms with Crippen molar-refractivity contribution >= 4 is 22.7 Å². The van der Waals surface area contributed by atoms with Gasteiger partial charge in [-0.1, -0.05) is 12.1 Å². The van der Waals surface area contributed by atoms with Gasteiger partial charge in [-0.15, -0.1) is 0 Å². The van der Waals surface area contributed by atoms with Gasteiger partial charge in [0.05, 0.1) is 16.8 Å². The number of carbonyl (C=O) groups is 1. The first kappa shape index (κ1) is 23.0. The van der Waals surface area contributed by atoms with Gasteiger partial charge in [0, 0.05) is 38.8 Å². The summed E-state index contributed by atoms with van der Waals surface area (Å²) in [6.07, 6.45) is 0. The lowest BCUT2D eigenvalue weighted by Crippen LogP contribution is -2.53. The van der Waals surface area contributed by atoms with Gasteiger partial charge in [0.2, 0.25) is 0 Å². The molecule has 1 fully saturated rings.